The molecule has 1 aliphatic carbocycles. The van der Waals surface area contributed by atoms with Crippen LogP contribution in [-0.2, 0) is 19.1 Å². The molecule has 1 aliphatic heterocycles. The third kappa shape index (κ3) is 6.06. The van der Waals surface area contributed by atoms with Crippen LogP contribution in [0.25, 0.3) is 0 Å². The first-order valence-corrected chi connectivity index (χ1v) is 10.2. The molecule has 0 unspecified atom stereocenters. The van der Waals surface area contributed by atoms with E-state index in [0.717, 1.165) is 30.4 Å². The Morgan fingerprint density at radius 3 is 2.71 bits per heavy atom. The van der Waals surface area contributed by atoms with E-state index in [9.17, 15) is 14.7 Å². The molecule has 2 rings (SSSR count). The summed E-state index contributed by atoms with van der Waals surface area (Å²) in [5, 5.41) is 10.6. The van der Waals surface area contributed by atoms with E-state index in [0.29, 0.717) is 19.3 Å². The van der Waals surface area contributed by atoms with Gasteiger partial charge in [-0.05, 0) is 70.8 Å². The second-order valence-electron chi connectivity index (χ2n) is 8.48. The Labute approximate surface area is 168 Å². The van der Waals surface area contributed by atoms with Crippen LogP contribution in [0.15, 0.2) is 35.5 Å². The standard InChI is InChI=1S/C23H34O5/c1-15-7-6-8-16(2)20(25)14-19-11-12-23(5,28-22(26)13-17(19)3)21(10-9-15)27-18(4)24/h7-8,19-21,25H,3,6,9-14H2,1-2,4-5H3/b15-7?,16-8-/t19-,20+,21+,23-/m1/s1. The highest BCUT2D eigenvalue weighted by Gasteiger charge is 2.42. The summed E-state index contributed by atoms with van der Waals surface area (Å²) >= 11 is 0. The van der Waals surface area contributed by atoms with Crippen LogP contribution in [-0.4, -0.2) is 34.9 Å². The summed E-state index contributed by atoms with van der Waals surface area (Å²) in [4.78, 5) is 24.2. The minimum atomic E-state index is -0.887. The van der Waals surface area contributed by atoms with Crippen molar-refractivity contribution in [3.8, 4) is 0 Å². The number of rotatable bonds is 1. The van der Waals surface area contributed by atoms with Crippen molar-refractivity contribution in [3.63, 3.8) is 0 Å². The smallest absolute Gasteiger partial charge is 0.310 e. The fourth-order valence-electron chi connectivity index (χ4n) is 4.04. The molecule has 2 bridgehead atoms. The van der Waals surface area contributed by atoms with E-state index < -0.39 is 17.8 Å². The monoisotopic (exact) mass is 390 g/mol. The minimum Gasteiger partial charge on any atom is -0.458 e. The highest BCUT2D eigenvalue weighted by molar-refractivity contribution is 5.73. The van der Waals surface area contributed by atoms with Crippen molar-refractivity contribution in [2.45, 2.75) is 90.4 Å². The number of carbonyl (C=O) groups is 2. The second-order valence-corrected chi connectivity index (χ2v) is 8.48. The van der Waals surface area contributed by atoms with Gasteiger partial charge < -0.3 is 14.6 Å². The number of aliphatic hydroxyl groups excluding tert-OH is 1. The van der Waals surface area contributed by atoms with Gasteiger partial charge in [-0.2, -0.15) is 0 Å². The third-order valence-electron chi connectivity index (χ3n) is 6.01. The van der Waals surface area contributed by atoms with Crippen LogP contribution in [0.4, 0.5) is 0 Å². The molecule has 1 heterocycles. The molecule has 0 amide bonds. The summed E-state index contributed by atoms with van der Waals surface area (Å²) in [6.45, 7) is 11.3. The summed E-state index contributed by atoms with van der Waals surface area (Å²) in [5.74, 6) is -0.707. The van der Waals surface area contributed by atoms with Gasteiger partial charge in [-0.3, -0.25) is 9.59 Å². The van der Waals surface area contributed by atoms with Crippen LogP contribution >= 0.6 is 0 Å². The molecule has 1 fully saturated rings. The Kier molecular flexibility index (Phi) is 7.64. The molecule has 1 N–H and O–H groups in total. The fraction of sp³-hybridized carbons (Fsp3) is 0.652. The first kappa shape index (κ1) is 22.4. The zero-order valence-corrected chi connectivity index (χ0v) is 17.6. The molecule has 0 aromatic heterocycles. The summed E-state index contributed by atoms with van der Waals surface area (Å²) in [6.07, 6.45) is 7.14. The molecule has 5 heteroatoms. The van der Waals surface area contributed by atoms with E-state index in [1.807, 2.05) is 26.8 Å². The predicted molar refractivity (Wildman–Crippen MR) is 109 cm³/mol. The third-order valence-corrected chi connectivity index (χ3v) is 6.01. The summed E-state index contributed by atoms with van der Waals surface area (Å²) in [6, 6.07) is 0. The van der Waals surface area contributed by atoms with Gasteiger partial charge in [0.2, 0.25) is 0 Å². The molecule has 0 aromatic carbocycles. The van der Waals surface area contributed by atoms with Crippen molar-refractivity contribution < 1.29 is 24.2 Å². The van der Waals surface area contributed by atoms with Crippen molar-refractivity contribution in [3.05, 3.63) is 35.5 Å². The fourth-order valence-corrected chi connectivity index (χ4v) is 4.04. The lowest BCUT2D eigenvalue weighted by Crippen LogP contribution is -2.47. The maximum Gasteiger partial charge on any atom is 0.310 e. The van der Waals surface area contributed by atoms with Gasteiger partial charge >= 0.3 is 11.9 Å². The lowest BCUT2D eigenvalue weighted by molar-refractivity contribution is -0.186. The van der Waals surface area contributed by atoms with Gasteiger partial charge in [-0.15, -0.1) is 0 Å². The Bertz CT molecular complexity index is 674. The molecular formula is C23H34O5. The van der Waals surface area contributed by atoms with Gasteiger partial charge in [-0.25, -0.2) is 0 Å². The zero-order chi connectivity index (χ0) is 20.9. The van der Waals surface area contributed by atoms with Gasteiger partial charge in [0.05, 0.1) is 12.5 Å². The van der Waals surface area contributed by atoms with Crippen LogP contribution in [0.2, 0.25) is 0 Å². The lowest BCUT2D eigenvalue weighted by atomic mass is 9.79. The lowest BCUT2D eigenvalue weighted by Gasteiger charge is -2.40. The average molecular weight is 391 g/mol. The molecule has 0 spiro atoms. The van der Waals surface area contributed by atoms with Crippen LogP contribution in [0.5, 0.6) is 0 Å². The minimum absolute atomic E-state index is 0.0173. The largest absolute Gasteiger partial charge is 0.458 e. The molecule has 0 saturated carbocycles. The predicted octanol–water partition coefficient (Wildman–Crippen LogP) is 4.40. The van der Waals surface area contributed by atoms with E-state index in [1.165, 1.54) is 12.5 Å². The molecule has 28 heavy (non-hydrogen) atoms. The van der Waals surface area contributed by atoms with Crippen molar-refractivity contribution in [1.29, 1.82) is 0 Å². The quantitative estimate of drug-likeness (QED) is 0.530. The van der Waals surface area contributed by atoms with E-state index in [1.54, 1.807) is 0 Å². The topological polar surface area (TPSA) is 72.8 Å². The molecule has 1 saturated heterocycles. The van der Waals surface area contributed by atoms with Crippen molar-refractivity contribution in [1.82, 2.24) is 0 Å². The van der Waals surface area contributed by atoms with Gasteiger partial charge in [0, 0.05) is 6.92 Å². The molecule has 0 aromatic rings. The Morgan fingerprint density at radius 1 is 1.32 bits per heavy atom. The van der Waals surface area contributed by atoms with E-state index in [4.69, 9.17) is 9.47 Å². The Balaban J connectivity index is 2.40. The molecule has 4 atom stereocenters. The first-order valence-electron chi connectivity index (χ1n) is 10.2. The van der Waals surface area contributed by atoms with Crippen LogP contribution in [0.3, 0.4) is 0 Å². The molecule has 156 valence electrons. The zero-order valence-electron chi connectivity index (χ0n) is 17.6. The Morgan fingerprint density at radius 2 is 2.04 bits per heavy atom. The molecule has 2 aliphatic rings. The van der Waals surface area contributed by atoms with Gasteiger partial charge in [-0.1, -0.05) is 29.9 Å². The van der Waals surface area contributed by atoms with Gasteiger partial charge in [0.15, 0.2) is 0 Å². The van der Waals surface area contributed by atoms with Crippen LogP contribution < -0.4 is 0 Å². The number of fused-ring (bicyclic) bond motifs is 3. The van der Waals surface area contributed by atoms with Crippen molar-refractivity contribution >= 4 is 11.9 Å². The van der Waals surface area contributed by atoms with Crippen molar-refractivity contribution in [2.75, 3.05) is 0 Å². The highest BCUT2D eigenvalue weighted by Crippen LogP contribution is 2.37. The van der Waals surface area contributed by atoms with Gasteiger partial charge in [0.25, 0.3) is 0 Å². The summed E-state index contributed by atoms with van der Waals surface area (Å²) in [5.41, 5.74) is 2.03. The maximum absolute atomic E-state index is 12.5. The number of hydrogen-bond donors (Lipinski definition) is 1. The summed E-state index contributed by atoms with van der Waals surface area (Å²) < 4.78 is 11.4. The number of carbonyl (C=O) groups excluding carboxylic acids is 2. The summed E-state index contributed by atoms with van der Waals surface area (Å²) in [7, 11) is 0. The number of allylic oxidation sites excluding steroid dienone is 3. The van der Waals surface area contributed by atoms with Gasteiger partial charge in [0.1, 0.15) is 11.7 Å². The Hall–Kier alpha value is -1.88. The highest BCUT2D eigenvalue weighted by atomic mass is 16.6. The van der Waals surface area contributed by atoms with E-state index >= 15 is 0 Å². The maximum atomic E-state index is 12.5. The molecular weight excluding hydrogens is 356 g/mol. The van der Waals surface area contributed by atoms with Crippen molar-refractivity contribution in [2.24, 2.45) is 5.92 Å². The number of hydrogen-bond acceptors (Lipinski definition) is 5. The average Bonchev–Trinajstić information content (AvgIpc) is 2.59. The number of aliphatic hydroxyl groups is 1. The van der Waals surface area contributed by atoms with Crippen LogP contribution in [0.1, 0.15) is 72.6 Å². The SMILES string of the molecule is C=C1CC(=O)O[C@]2(C)CC[C@@H]1C[C@H](O)/C(C)=C\CC=C(C)CC[C@@H]2OC(C)=O. The van der Waals surface area contributed by atoms with E-state index in [2.05, 4.69) is 12.7 Å². The number of esters is 2. The van der Waals surface area contributed by atoms with Crippen LogP contribution in [0, 0.1) is 5.92 Å². The number of ether oxygens (including phenoxy) is 2. The molecule has 5 nitrogen and oxygen atoms in total. The first-order chi connectivity index (χ1) is 13.1. The normalized spacial score (nSPS) is 34.8. The van der Waals surface area contributed by atoms with E-state index in [-0.39, 0.29) is 24.3 Å². The second kappa shape index (κ2) is 9.55. The molecule has 0 radical (unpaired) electrons.